The van der Waals surface area contributed by atoms with Gasteiger partial charge in [0, 0.05) is 32.3 Å². The fraction of sp³-hybridized carbons (Fsp3) is 0.500. The van der Waals surface area contributed by atoms with E-state index in [9.17, 15) is 9.18 Å². The molecule has 0 radical (unpaired) electrons. The van der Waals surface area contributed by atoms with Gasteiger partial charge in [-0.3, -0.25) is 4.79 Å². The number of carbonyl (C=O) groups is 1. The van der Waals surface area contributed by atoms with Crippen LogP contribution in [0.3, 0.4) is 0 Å². The lowest BCUT2D eigenvalue weighted by Crippen LogP contribution is -2.62. The van der Waals surface area contributed by atoms with Crippen LogP contribution in [0.2, 0.25) is 0 Å². The van der Waals surface area contributed by atoms with Gasteiger partial charge in [-0.2, -0.15) is 0 Å². The van der Waals surface area contributed by atoms with Crippen LogP contribution in [0, 0.1) is 5.82 Å². The lowest BCUT2D eigenvalue weighted by Gasteiger charge is -2.46. The lowest BCUT2D eigenvalue weighted by atomic mass is 9.96. The first-order valence-corrected chi connectivity index (χ1v) is 6.45. The molecule has 1 aliphatic heterocycles. The number of hydrogen-bond acceptors (Lipinski definition) is 4. The number of amides is 1. The van der Waals surface area contributed by atoms with E-state index >= 15 is 0 Å². The summed E-state index contributed by atoms with van der Waals surface area (Å²) in [7, 11) is 3.23. The van der Waals surface area contributed by atoms with Crippen LogP contribution in [0.5, 0.6) is 5.75 Å². The molecule has 0 saturated carbocycles. The van der Waals surface area contributed by atoms with E-state index in [1.807, 2.05) is 0 Å². The number of nitrogens with zero attached hydrogens (tertiary/aromatic N) is 2. The number of halogens is 1. The van der Waals surface area contributed by atoms with Crippen molar-refractivity contribution in [2.75, 3.05) is 37.9 Å². The summed E-state index contributed by atoms with van der Waals surface area (Å²) in [6.07, 6.45) is 0. The Morgan fingerprint density at radius 3 is 2.60 bits per heavy atom. The van der Waals surface area contributed by atoms with Gasteiger partial charge in [-0.25, -0.2) is 4.39 Å². The van der Waals surface area contributed by atoms with Crippen molar-refractivity contribution in [2.24, 2.45) is 0 Å². The maximum absolute atomic E-state index is 14.2. The quantitative estimate of drug-likeness (QED) is 0.834. The fourth-order valence-corrected chi connectivity index (χ4v) is 2.58. The molecular formula is C14H20FN3O2. The predicted octanol–water partition coefficient (Wildman–Crippen LogP) is 1.47. The number of hydrogen-bond donors (Lipinski definition) is 1. The highest BCUT2D eigenvalue weighted by molar-refractivity contribution is 5.90. The van der Waals surface area contributed by atoms with Gasteiger partial charge in [0.2, 0.25) is 5.91 Å². The van der Waals surface area contributed by atoms with Crippen molar-refractivity contribution in [1.82, 2.24) is 4.90 Å². The number of nitrogens with two attached hydrogens (primary N) is 1. The van der Waals surface area contributed by atoms with E-state index in [0.29, 0.717) is 24.5 Å². The minimum Gasteiger partial charge on any atom is -0.495 e. The highest BCUT2D eigenvalue weighted by Gasteiger charge is 2.41. The molecule has 6 heteroatoms. The normalized spacial score (nSPS) is 18.4. The van der Waals surface area contributed by atoms with E-state index in [1.54, 1.807) is 36.8 Å². The minimum absolute atomic E-state index is 0.0426. The summed E-state index contributed by atoms with van der Waals surface area (Å²) in [5.74, 6) is -0.0868. The number of carbonyl (C=O) groups excluding carboxylic acids is 1. The van der Waals surface area contributed by atoms with Crippen molar-refractivity contribution < 1.29 is 13.9 Å². The zero-order chi connectivity index (χ0) is 15.1. The van der Waals surface area contributed by atoms with Gasteiger partial charge in [0.1, 0.15) is 17.1 Å². The number of anilines is 2. The van der Waals surface area contributed by atoms with Crippen molar-refractivity contribution in [1.29, 1.82) is 0 Å². The van der Waals surface area contributed by atoms with Crippen LogP contribution >= 0.6 is 0 Å². The molecule has 20 heavy (non-hydrogen) atoms. The highest BCUT2D eigenvalue weighted by atomic mass is 19.1. The molecule has 1 amide bonds. The third kappa shape index (κ3) is 2.15. The molecule has 1 aromatic carbocycles. The van der Waals surface area contributed by atoms with E-state index < -0.39 is 11.4 Å². The summed E-state index contributed by atoms with van der Waals surface area (Å²) >= 11 is 0. The molecule has 0 aliphatic carbocycles. The number of benzene rings is 1. The molecule has 0 bridgehead atoms. The molecular weight excluding hydrogens is 261 g/mol. The topological polar surface area (TPSA) is 58.8 Å². The smallest absolute Gasteiger partial charge is 0.247 e. The average molecular weight is 281 g/mol. The first-order chi connectivity index (χ1) is 9.28. The second-order valence-corrected chi connectivity index (χ2v) is 5.48. The summed E-state index contributed by atoms with van der Waals surface area (Å²) < 4.78 is 19.4. The summed E-state index contributed by atoms with van der Waals surface area (Å²) in [5.41, 5.74) is 5.46. The van der Waals surface area contributed by atoms with Gasteiger partial charge >= 0.3 is 0 Å². The van der Waals surface area contributed by atoms with E-state index in [0.717, 1.165) is 0 Å². The molecule has 1 heterocycles. The second-order valence-electron chi connectivity index (χ2n) is 5.48. The Morgan fingerprint density at radius 2 is 2.00 bits per heavy atom. The maximum Gasteiger partial charge on any atom is 0.247 e. The number of rotatable bonds is 2. The second kappa shape index (κ2) is 4.85. The van der Waals surface area contributed by atoms with Crippen LogP contribution in [0.25, 0.3) is 0 Å². The van der Waals surface area contributed by atoms with Crippen molar-refractivity contribution in [3.05, 3.63) is 17.9 Å². The lowest BCUT2D eigenvalue weighted by molar-refractivity contribution is -0.136. The highest BCUT2D eigenvalue weighted by Crippen LogP contribution is 2.35. The number of nitrogen functional groups attached to an aromatic ring is 1. The van der Waals surface area contributed by atoms with Gasteiger partial charge in [-0.15, -0.1) is 0 Å². The Bertz CT molecular complexity index is 545. The average Bonchev–Trinajstić information content (AvgIpc) is 2.38. The van der Waals surface area contributed by atoms with Gasteiger partial charge < -0.3 is 20.3 Å². The van der Waals surface area contributed by atoms with Crippen LogP contribution in [-0.4, -0.2) is 43.6 Å². The molecule has 1 fully saturated rings. The molecule has 1 saturated heterocycles. The van der Waals surface area contributed by atoms with Crippen molar-refractivity contribution in [3.8, 4) is 5.75 Å². The third-order valence-electron chi connectivity index (χ3n) is 3.79. The van der Waals surface area contributed by atoms with Crippen molar-refractivity contribution in [2.45, 2.75) is 19.4 Å². The SMILES string of the molecule is COc1cc(N2CCN(C)C(=O)C2(C)C)c(F)cc1N. The Labute approximate surface area is 118 Å². The molecule has 0 aromatic heterocycles. The van der Waals surface area contributed by atoms with Crippen molar-refractivity contribution in [3.63, 3.8) is 0 Å². The maximum atomic E-state index is 14.2. The Hall–Kier alpha value is -1.98. The van der Waals surface area contributed by atoms with Crippen LogP contribution in [0.4, 0.5) is 15.8 Å². The standard InChI is InChI=1S/C14H20FN3O2/c1-14(2)13(19)17(3)5-6-18(14)11-8-12(20-4)10(16)7-9(11)15/h7-8H,5-6,16H2,1-4H3. The third-order valence-corrected chi connectivity index (χ3v) is 3.79. The largest absolute Gasteiger partial charge is 0.495 e. The molecule has 5 nitrogen and oxygen atoms in total. The van der Waals surface area contributed by atoms with E-state index in [2.05, 4.69) is 0 Å². The zero-order valence-corrected chi connectivity index (χ0v) is 12.2. The Morgan fingerprint density at radius 1 is 1.35 bits per heavy atom. The van der Waals surface area contributed by atoms with Gasteiger partial charge in [0.15, 0.2) is 0 Å². The number of methoxy groups -OCH3 is 1. The van der Waals surface area contributed by atoms with Gasteiger partial charge in [-0.1, -0.05) is 0 Å². The zero-order valence-electron chi connectivity index (χ0n) is 12.2. The van der Waals surface area contributed by atoms with E-state index in [-0.39, 0.29) is 11.6 Å². The van der Waals surface area contributed by atoms with E-state index in [1.165, 1.54) is 13.2 Å². The number of ether oxygens (including phenoxy) is 1. The predicted molar refractivity (Wildman–Crippen MR) is 76.4 cm³/mol. The molecule has 110 valence electrons. The van der Waals surface area contributed by atoms with Crippen LogP contribution < -0.4 is 15.4 Å². The van der Waals surface area contributed by atoms with Crippen LogP contribution in [0.1, 0.15) is 13.8 Å². The van der Waals surface area contributed by atoms with Gasteiger partial charge in [0.25, 0.3) is 0 Å². The Kier molecular flexibility index (Phi) is 3.50. The summed E-state index contributed by atoms with van der Waals surface area (Å²) in [5, 5.41) is 0. The van der Waals surface area contributed by atoms with Crippen LogP contribution in [-0.2, 0) is 4.79 Å². The molecule has 2 N–H and O–H groups in total. The summed E-state index contributed by atoms with van der Waals surface area (Å²) in [6, 6.07) is 2.78. The molecule has 0 unspecified atom stereocenters. The number of piperazine rings is 1. The first-order valence-electron chi connectivity index (χ1n) is 6.45. The van der Waals surface area contributed by atoms with Crippen molar-refractivity contribution >= 4 is 17.3 Å². The first kappa shape index (κ1) is 14.4. The van der Waals surface area contributed by atoms with Gasteiger partial charge in [-0.05, 0) is 13.8 Å². The minimum atomic E-state index is -0.811. The van der Waals surface area contributed by atoms with Crippen LogP contribution in [0.15, 0.2) is 12.1 Å². The fourth-order valence-electron chi connectivity index (χ4n) is 2.58. The molecule has 1 aromatic rings. The molecule has 1 aliphatic rings. The molecule has 0 atom stereocenters. The van der Waals surface area contributed by atoms with Gasteiger partial charge in [0.05, 0.1) is 18.5 Å². The number of likely N-dealkylation sites (N-methyl/N-ethyl adjacent to an activating group) is 1. The van der Waals surface area contributed by atoms with E-state index in [4.69, 9.17) is 10.5 Å². The summed E-state index contributed by atoms with van der Waals surface area (Å²) in [4.78, 5) is 15.7. The molecule has 2 rings (SSSR count). The molecule has 0 spiro atoms. The Balaban J connectivity index is 2.48. The monoisotopic (exact) mass is 281 g/mol. The summed E-state index contributed by atoms with van der Waals surface area (Å²) in [6.45, 7) is 4.67.